The minimum Gasteiger partial charge on any atom is -0.510 e. The summed E-state index contributed by atoms with van der Waals surface area (Å²) in [4.78, 5) is 40.9. The second-order valence-corrected chi connectivity index (χ2v) is 11.0. The molecule has 0 spiro atoms. The molecule has 1 amide bonds. The van der Waals surface area contributed by atoms with Crippen molar-refractivity contribution in [2.75, 3.05) is 14.1 Å². The number of amides is 1. The summed E-state index contributed by atoms with van der Waals surface area (Å²) in [6.07, 6.45) is 3.03. The molecule has 0 saturated carbocycles. The highest BCUT2D eigenvalue weighted by atomic mass is 16.3. The quantitative estimate of drug-likeness (QED) is 0.379. The number of nitrogens with zero attached hydrogens (tertiary/aromatic N) is 1. The first-order valence-corrected chi connectivity index (χ1v) is 12.7. The number of hydrogen-bond donors (Lipinski definition) is 5. The summed E-state index contributed by atoms with van der Waals surface area (Å²) in [6, 6.07) is 10.2. The first-order chi connectivity index (χ1) is 18.5. The Balaban J connectivity index is 1.52. The highest BCUT2D eigenvalue weighted by Gasteiger charge is 2.63. The van der Waals surface area contributed by atoms with Crippen molar-refractivity contribution in [3.05, 3.63) is 86.9 Å². The molecule has 4 aliphatic rings. The number of primary amides is 1. The molecule has 4 atom stereocenters. The zero-order chi connectivity index (χ0) is 28.0. The molecule has 0 aromatic heterocycles. The molecular formula is C30H28N2O7. The van der Waals surface area contributed by atoms with Crippen LogP contribution < -0.4 is 5.73 Å². The van der Waals surface area contributed by atoms with Crippen LogP contribution in [-0.2, 0) is 22.4 Å². The number of rotatable bonds is 3. The predicted octanol–water partition coefficient (Wildman–Crippen LogP) is 2.22. The number of ketones is 2. The highest BCUT2D eigenvalue weighted by Crippen LogP contribution is 2.53. The number of fused-ring (bicyclic) bond motifs is 4. The van der Waals surface area contributed by atoms with Gasteiger partial charge in [0.25, 0.3) is 5.91 Å². The third kappa shape index (κ3) is 3.30. The molecule has 4 aliphatic carbocycles. The maximum atomic E-state index is 13.9. The van der Waals surface area contributed by atoms with Crippen LogP contribution in [0.4, 0.5) is 0 Å². The van der Waals surface area contributed by atoms with Crippen molar-refractivity contribution in [1.82, 2.24) is 4.90 Å². The molecule has 0 fully saturated rings. The number of carbonyl (C=O) groups is 3. The lowest BCUT2D eigenvalue weighted by Crippen LogP contribution is -2.63. The standard InChI is InChI=1S/C30H28N2O7/c1-32(2)24-19-12-16-11-18-17(15-9-13-5-3-4-6-14(13)10-15)7-8-20(33)22(18)25(34)21(16)27(36)30(19,39)28(37)23(26(24)35)29(31)38/h3-9,16,19,24,33,35-36,39H,10-12H2,1-2H3,(H2,31,38)/t16-,19-,24?,30-/m1/s1. The smallest absolute Gasteiger partial charge is 0.255 e. The van der Waals surface area contributed by atoms with Crippen LogP contribution in [0.25, 0.3) is 11.6 Å². The second-order valence-electron chi connectivity index (χ2n) is 11.0. The lowest BCUT2D eigenvalue weighted by Gasteiger charge is -2.50. The number of benzene rings is 2. The van der Waals surface area contributed by atoms with Crippen LogP contribution in [0.5, 0.6) is 5.75 Å². The van der Waals surface area contributed by atoms with Crippen LogP contribution >= 0.6 is 0 Å². The third-order valence-electron chi connectivity index (χ3n) is 8.72. The molecular weight excluding hydrogens is 500 g/mol. The number of allylic oxidation sites excluding steroid dienone is 2. The van der Waals surface area contributed by atoms with Crippen LogP contribution in [-0.4, -0.2) is 68.5 Å². The Kier molecular flexibility index (Phi) is 5.40. The van der Waals surface area contributed by atoms with Gasteiger partial charge in [-0.15, -0.1) is 0 Å². The summed E-state index contributed by atoms with van der Waals surface area (Å²) in [7, 11) is 3.21. The summed E-state index contributed by atoms with van der Waals surface area (Å²) in [5.74, 6) is -6.55. The number of phenolic OH excluding ortho intramolecular Hbond substituents is 1. The van der Waals surface area contributed by atoms with Gasteiger partial charge >= 0.3 is 0 Å². The van der Waals surface area contributed by atoms with E-state index in [0.717, 1.165) is 22.3 Å². The molecule has 1 unspecified atom stereocenters. The number of carbonyl (C=O) groups excluding carboxylic acids is 3. The Hall–Kier alpha value is -4.21. The average Bonchev–Trinajstić information content (AvgIpc) is 3.30. The van der Waals surface area contributed by atoms with Gasteiger partial charge in [0.05, 0.1) is 11.6 Å². The van der Waals surface area contributed by atoms with Crippen molar-refractivity contribution in [3.63, 3.8) is 0 Å². The minimum absolute atomic E-state index is 0.0186. The van der Waals surface area contributed by atoms with Gasteiger partial charge in [0.1, 0.15) is 22.8 Å². The SMILES string of the molecule is CN(C)C1C(O)=C(C(N)=O)C(=O)[C@]2(O)C(O)=C3C(=O)c4c(O)ccc(C5=Cc6ccccc6C5)c4C[C@@H]3C[C@H]12. The maximum absolute atomic E-state index is 13.9. The number of likely N-dealkylation sites (N-methyl/N-ethyl adjacent to an activating group) is 1. The lowest BCUT2D eigenvalue weighted by atomic mass is 9.58. The van der Waals surface area contributed by atoms with Crippen molar-refractivity contribution >= 4 is 29.1 Å². The number of aliphatic hydroxyl groups is 3. The fraction of sp³-hybridized carbons (Fsp3) is 0.300. The average molecular weight is 529 g/mol. The molecule has 200 valence electrons. The van der Waals surface area contributed by atoms with Gasteiger partial charge in [0.15, 0.2) is 11.4 Å². The molecule has 6 N–H and O–H groups in total. The van der Waals surface area contributed by atoms with Gasteiger partial charge in [-0.2, -0.15) is 0 Å². The van der Waals surface area contributed by atoms with Gasteiger partial charge in [0, 0.05) is 11.5 Å². The van der Waals surface area contributed by atoms with E-state index in [9.17, 15) is 34.8 Å². The summed E-state index contributed by atoms with van der Waals surface area (Å²) in [5, 5.41) is 44.8. The van der Waals surface area contributed by atoms with Crippen LogP contribution in [0.2, 0.25) is 0 Å². The fourth-order valence-electron chi connectivity index (χ4n) is 7.00. The summed E-state index contributed by atoms with van der Waals surface area (Å²) >= 11 is 0. The van der Waals surface area contributed by atoms with Gasteiger partial charge < -0.3 is 26.2 Å². The Bertz CT molecular complexity index is 1600. The van der Waals surface area contributed by atoms with E-state index in [2.05, 4.69) is 6.08 Å². The van der Waals surface area contributed by atoms with E-state index >= 15 is 0 Å². The monoisotopic (exact) mass is 528 g/mol. The molecule has 9 nitrogen and oxygen atoms in total. The predicted molar refractivity (Wildman–Crippen MR) is 142 cm³/mol. The molecule has 0 aliphatic heterocycles. The Morgan fingerprint density at radius 3 is 2.46 bits per heavy atom. The summed E-state index contributed by atoms with van der Waals surface area (Å²) < 4.78 is 0. The first kappa shape index (κ1) is 25.1. The van der Waals surface area contributed by atoms with E-state index in [1.807, 2.05) is 24.3 Å². The Morgan fingerprint density at radius 1 is 1.08 bits per heavy atom. The van der Waals surface area contributed by atoms with Gasteiger partial charge in [-0.3, -0.25) is 19.3 Å². The molecule has 2 aromatic carbocycles. The molecule has 0 bridgehead atoms. The highest BCUT2D eigenvalue weighted by molar-refractivity contribution is 6.24. The molecule has 0 heterocycles. The molecule has 2 aromatic rings. The van der Waals surface area contributed by atoms with Crippen molar-refractivity contribution in [1.29, 1.82) is 0 Å². The summed E-state index contributed by atoms with van der Waals surface area (Å²) in [5.41, 5.74) is 6.45. The van der Waals surface area contributed by atoms with Crippen molar-refractivity contribution in [2.24, 2.45) is 17.6 Å². The van der Waals surface area contributed by atoms with E-state index in [1.54, 1.807) is 20.2 Å². The van der Waals surface area contributed by atoms with Crippen molar-refractivity contribution < 1.29 is 34.8 Å². The van der Waals surface area contributed by atoms with E-state index in [-0.39, 0.29) is 29.7 Å². The van der Waals surface area contributed by atoms with Gasteiger partial charge in [-0.05, 0) is 73.2 Å². The second kappa shape index (κ2) is 8.39. The zero-order valence-corrected chi connectivity index (χ0v) is 21.4. The van der Waals surface area contributed by atoms with E-state index in [1.165, 1.54) is 11.0 Å². The minimum atomic E-state index is -2.65. The molecule has 39 heavy (non-hydrogen) atoms. The largest absolute Gasteiger partial charge is 0.510 e. The zero-order valence-electron chi connectivity index (χ0n) is 21.4. The lowest BCUT2D eigenvalue weighted by molar-refractivity contribution is -0.148. The summed E-state index contributed by atoms with van der Waals surface area (Å²) in [6.45, 7) is 0. The van der Waals surface area contributed by atoms with Gasteiger partial charge in [0.2, 0.25) is 5.78 Å². The number of aromatic hydroxyl groups is 1. The van der Waals surface area contributed by atoms with Crippen LogP contribution in [0, 0.1) is 11.8 Å². The normalized spacial score (nSPS) is 27.7. The number of hydrogen-bond acceptors (Lipinski definition) is 8. The molecule has 9 heteroatoms. The Morgan fingerprint density at radius 2 is 1.79 bits per heavy atom. The van der Waals surface area contributed by atoms with E-state index in [4.69, 9.17) is 5.73 Å². The number of aliphatic hydroxyl groups excluding tert-OH is 2. The maximum Gasteiger partial charge on any atom is 0.255 e. The van der Waals surface area contributed by atoms with Gasteiger partial charge in [-0.25, -0.2) is 0 Å². The van der Waals surface area contributed by atoms with Crippen LogP contribution in [0.15, 0.2) is 59.1 Å². The molecule has 6 rings (SSSR count). The number of nitrogens with two attached hydrogens (primary N) is 1. The van der Waals surface area contributed by atoms with Crippen LogP contribution in [0.1, 0.15) is 39.0 Å². The third-order valence-corrected chi connectivity index (χ3v) is 8.72. The fourth-order valence-corrected chi connectivity index (χ4v) is 7.00. The van der Waals surface area contributed by atoms with Crippen molar-refractivity contribution in [3.8, 4) is 5.75 Å². The van der Waals surface area contributed by atoms with E-state index in [0.29, 0.717) is 12.0 Å². The van der Waals surface area contributed by atoms with Gasteiger partial charge in [-0.1, -0.05) is 36.4 Å². The molecule has 0 saturated heterocycles. The molecule has 0 radical (unpaired) electrons. The first-order valence-electron chi connectivity index (χ1n) is 12.7. The topological polar surface area (TPSA) is 161 Å². The number of Topliss-reactive ketones (excluding diaryl/α,β-unsaturated/α-hetero) is 2. The van der Waals surface area contributed by atoms with E-state index < -0.39 is 58.0 Å². The Labute approximate surface area is 224 Å². The van der Waals surface area contributed by atoms with Crippen molar-refractivity contribution in [2.45, 2.75) is 30.9 Å². The number of phenols is 1. The van der Waals surface area contributed by atoms with Crippen LogP contribution in [0.3, 0.4) is 0 Å².